The van der Waals surface area contributed by atoms with E-state index in [9.17, 15) is 9.59 Å². The third-order valence-electron chi connectivity index (χ3n) is 5.56. The van der Waals surface area contributed by atoms with E-state index >= 15 is 0 Å². The van der Waals surface area contributed by atoms with Crippen LogP contribution in [0.25, 0.3) is 0 Å². The highest BCUT2D eigenvalue weighted by Crippen LogP contribution is 2.23. The van der Waals surface area contributed by atoms with Crippen LogP contribution in [-0.4, -0.2) is 35.8 Å². The van der Waals surface area contributed by atoms with Gasteiger partial charge in [-0.2, -0.15) is 0 Å². The van der Waals surface area contributed by atoms with Gasteiger partial charge in [-0.25, -0.2) is 0 Å². The van der Waals surface area contributed by atoms with E-state index in [4.69, 9.17) is 5.73 Å². The Balaban J connectivity index is 1.68. The van der Waals surface area contributed by atoms with Crippen LogP contribution in [0.1, 0.15) is 48.1 Å². The van der Waals surface area contributed by atoms with Crippen LogP contribution in [0.5, 0.6) is 0 Å². The number of amides is 2. The Morgan fingerprint density at radius 1 is 1.04 bits per heavy atom. The Bertz CT molecular complexity index is 769. The van der Waals surface area contributed by atoms with Gasteiger partial charge in [0.25, 0.3) is 5.91 Å². The minimum absolute atomic E-state index is 0.0744. The maximum atomic E-state index is 12.9. The average molecular weight is 380 g/mol. The molecule has 1 saturated heterocycles. The second-order valence-electron chi connectivity index (χ2n) is 7.58. The number of nitrogens with one attached hydrogen (secondary N) is 1. The molecule has 5 heteroatoms. The summed E-state index contributed by atoms with van der Waals surface area (Å²) in [5, 5.41) is 3.04. The molecule has 2 unspecified atom stereocenters. The first-order chi connectivity index (χ1) is 13.5. The summed E-state index contributed by atoms with van der Waals surface area (Å²) in [6.07, 6.45) is 2.14. The molecule has 0 aromatic heterocycles. The highest BCUT2D eigenvalue weighted by Gasteiger charge is 2.27. The van der Waals surface area contributed by atoms with E-state index in [-0.39, 0.29) is 30.3 Å². The molecule has 28 heavy (non-hydrogen) atoms. The monoisotopic (exact) mass is 379 g/mol. The van der Waals surface area contributed by atoms with Gasteiger partial charge in [-0.3, -0.25) is 9.59 Å². The molecule has 0 bridgehead atoms. The molecule has 2 amide bonds. The first kappa shape index (κ1) is 20.1. The molecular weight excluding hydrogens is 350 g/mol. The number of hydrogen-bond acceptors (Lipinski definition) is 3. The second-order valence-corrected chi connectivity index (χ2v) is 7.58. The van der Waals surface area contributed by atoms with Crippen LogP contribution in [-0.2, 0) is 4.79 Å². The molecule has 2 atom stereocenters. The predicted octanol–water partition coefficient (Wildman–Crippen LogP) is 3.13. The first-order valence-corrected chi connectivity index (χ1v) is 9.99. The molecule has 0 spiro atoms. The summed E-state index contributed by atoms with van der Waals surface area (Å²) in [6.45, 7) is 3.51. The van der Waals surface area contributed by atoms with Crippen molar-refractivity contribution in [3.63, 3.8) is 0 Å². The molecule has 0 radical (unpaired) electrons. The number of nitrogens with zero attached hydrogens (tertiary/aromatic N) is 1. The Morgan fingerprint density at radius 2 is 1.61 bits per heavy atom. The largest absolute Gasteiger partial charge is 0.345 e. The molecule has 148 valence electrons. The molecule has 0 aliphatic carbocycles. The van der Waals surface area contributed by atoms with Crippen molar-refractivity contribution in [2.45, 2.75) is 38.3 Å². The molecule has 2 aromatic carbocycles. The fourth-order valence-corrected chi connectivity index (χ4v) is 3.75. The van der Waals surface area contributed by atoms with Gasteiger partial charge in [-0.05, 0) is 43.4 Å². The van der Waals surface area contributed by atoms with Crippen molar-refractivity contribution in [3.8, 4) is 0 Å². The van der Waals surface area contributed by atoms with Crippen LogP contribution in [0.3, 0.4) is 0 Å². The fourth-order valence-electron chi connectivity index (χ4n) is 3.75. The van der Waals surface area contributed by atoms with Crippen molar-refractivity contribution in [2.24, 2.45) is 11.7 Å². The Kier molecular flexibility index (Phi) is 6.82. The predicted molar refractivity (Wildman–Crippen MR) is 111 cm³/mol. The summed E-state index contributed by atoms with van der Waals surface area (Å²) >= 11 is 0. The topological polar surface area (TPSA) is 75.4 Å². The van der Waals surface area contributed by atoms with Crippen LogP contribution >= 0.6 is 0 Å². The molecule has 3 N–H and O–H groups in total. The highest BCUT2D eigenvalue weighted by molar-refractivity contribution is 5.94. The summed E-state index contributed by atoms with van der Waals surface area (Å²) in [5.41, 5.74) is 7.53. The zero-order valence-corrected chi connectivity index (χ0v) is 16.4. The molecule has 3 rings (SSSR count). The third kappa shape index (κ3) is 5.20. The van der Waals surface area contributed by atoms with Gasteiger partial charge in [-0.1, -0.05) is 48.5 Å². The van der Waals surface area contributed by atoms with Crippen molar-refractivity contribution >= 4 is 11.8 Å². The molecule has 1 aliphatic rings. The third-order valence-corrected chi connectivity index (χ3v) is 5.56. The van der Waals surface area contributed by atoms with E-state index < -0.39 is 0 Å². The van der Waals surface area contributed by atoms with Crippen molar-refractivity contribution in [1.29, 1.82) is 0 Å². The van der Waals surface area contributed by atoms with Gasteiger partial charge < -0.3 is 16.0 Å². The van der Waals surface area contributed by atoms with Crippen molar-refractivity contribution in [3.05, 3.63) is 71.8 Å². The van der Waals surface area contributed by atoms with Gasteiger partial charge in [0.1, 0.15) is 0 Å². The van der Waals surface area contributed by atoms with E-state index in [1.165, 1.54) is 0 Å². The normalized spacial score (nSPS) is 17.0. The van der Waals surface area contributed by atoms with E-state index in [0.29, 0.717) is 11.5 Å². The zero-order chi connectivity index (χ0) is 19.9. The van der Waals surface area contributed by atoms with E-state index in [1.807, 2.05) is 60.4 Å². The minimum atomic E-state index is -0.354. The van der Waals surface area contributed by atoms with Gasteiger partial charge in [0, 0.05) is 24.7 Å². The summed E-state index contributed by atoms with van der Waals surface area (Å²) < 4.78 is 0. The van der Waals surface area contributed by atoms with Gasteiger partial charge in [0.05, 0.1) is 12.5 Å². The highest BCUT2D eigenvalue weighted by atomic mass is 16.2. The number of nitrogens with two attached hydrogens (primary N) is 1. The van der Waals surface area contributed by atoms with Crippen molar-refractivity contribution in [1.82, 2.24) is 10.2 Å². The van der Waals surface area contributed by atoms with Crippen LogP contribution in [0.2, 0.25) is 0 Å². The number of benzene rings is 2. The lowest BCUT2D eigenvalue weighted by atomic mass is 9.90. The van der Waals surface area contributed by atoms with Crippen LogP contribution in [0.15, 0.2) is 60.7 Å². The molecule has 1 fully saturated rings. The Morgan fingerprint density at radius 3 is 2.18 bits per heavy atom. The lowest BCUT2D eigenvalue weighted by molar-refractivity contribution is -0.133. The smallest absolute Gasteiger partial charge is 0.251 e. The molecular formula is C23H29N3O2. The zero-order valence-electron chi connectivity index (χ0n) is 16.4. The summed E-state index contributed by atoms with van der Waals surface area (Å²) in [5.74, 6) is 0.384. The average Bonchev–Trinajstić information content (AvgIpc) is 2.74. The SMILES string of the molecule is CC(N)C1CCN(C(=O)CC(NC(=O)c2ccccc2)c2ccccc2)CC1. The van der Waals surface area contributed by atoms with E-state index in [0.717, 1.165) is 31.5 Å². The van der Waals surface area contributed by atoms with Gasteiger partial charge in [-0.15, -0.1) is 0 Å². The van der Waals surface area contributed by atoms with Crippen LogP contribution in [0.4, 0.5) is 0 Å². The van der Waals surface area contributed by atoms with Crippen LogP contribution < -0.4 is 11.1 Å². The Hall–Kier alpha value is -2.66. The lowest BCUT2D eigenvalue weighted by Crippen LogP contribution is -2.43. The standard InChI is InChI=1S/C23H29N3O2/c1-17(24)18-12-14-26(15-13-18)22(27)16-21(19-8-4-2-5-9-19)25-23(28)20-10-6-3-7-11-20/h2-11,17-18,21H,12-16,24H2,1H3,(H,25,28). The maximum absolute atomic E-state index is 12.9. The second kappa shape index (κ2) is 9.51. The Labute approximate surface area is 166 Å². The first-order valence-electron chi connectivity index (χ1n) is 9.99. The molecule has 0 saturated carbocycles. The lowest BCUT2D eigenvalue weighted by Gasteiger charge is -2.34. The van der Waals surface area contributed by atoms with Crippen LogP contribution in [0, 0.1) is 5.92 Å². The molecule has 1 aliphatic heterocycles. The number of likely N-dealkylation sites (tertiary alicyclic amines) is 1. The minimum Gasteiger partial charge on any atom is -0.345 e. The number of carbonyl (C=O) groups is 2. The summed E-state index contributed by atoms with van der Waals surface area (Å²) in [7, 11) is 0. The van der Waals surface area contributed by atoms with Gasteiger partial charge in [0.2, 0.25) is 5.91 Å². The maximum Gasteiger partial charge on any atom is 0.251 e. The van der Waals surface area contributed by atoms with Gasteiger partial charge >= 0.3 is 0 Å². The fraction of sp³-hybridized carbons (Fsp3) is 0.391. The number of piperidine rings is 1. The van der Waals surface area contributed by atoms with Crippen molar-refractivity contribution in [2.75, 3.05) is 13.1 Å². The van der Waals surface area contributed by atoms with Crippen molar-refractivity contribution < 1.29 is 9.59 Å². The quantitative estimate of drug-likeness (QED) is 0.810. The molecule has 2 aromatic rings. The summed E-state index contributed by atoms with van der Waals surface area (Å²) in [4.78, 5) is 27.5. The van der Waals surface area contributed by atoms with Gasteiger partial charge in [0.15, 0.2) is 0 Å². The summed E-state index contributed by atoms with van der Waals surface area (Å²) in [6, 6.07) is 18.6. The van der Waals surface area contributed by atoms with E-state index in [1.54, 1.807) is 12.1 Å². The number of carbonyl (C=O) groups excluding carboxylic acids is 2. The molecule has 1 heterocycles. The number of hydrogen-bond donors (Lipinski definition) is 2. The van der Waals surface area contributed by atoms with E-state index in [2.05, 4.69) is 5.32 Å². The molecule has 5 nitrogen and oxygen atoms in total. The number of rotatable bonds is 6.